The molecule has 2 aliphatic rings. The number of hydrogen-bond donors (Lipinski definition) is 3. The van der Waals surface area contributed by atoms with Crippen molar-refractivity contribution in [1.82, 2.24) is 20.5 Å². The van der Waals surface area contributed by atoms with E-state index >= 15 is 0 Å². The van der Waals surface area contributed by atoms with Crippen molar-refractivity contribution in [3.8, 4) is 0 Å². The van der Waals surface area contributed by atoms with Gasteiger partial charge in [-0.05, 0) is 37.8 Å². The fraction of sp³-hybridized carbons (Fsp3) is 0.579. The van der Waals surface area contributed by atoms with Crippen LogP contribution in [0.25, 0.3) is 0 Å². The van der Waals surface area contributed by atoms with Crippen molar-refractivity contribution in [3.05, 3.63) is 24.5 Å². The molecule has 2 fully saturated rings. The molecule has 0 radical (unpaired) electrons. The maximum atomic E-state index is 12.7. The second kappa shape index (κ2) is 9.38. The number of piperidine rings is 1. The number of rotatable bonds is 6. The van der Waals surface area contributed by atoms with Crippen molar-refractivity contribution >= 4 is 23.6 Å². The van der Waals surface area contributed by atoms with Gasteiger partial charge in [-0.15, -0.1) is 0 Å². The van der Waals surface area contributed by atoms with E-state index in [9.17, 15) is 14.4 Å². The van der Waals surface area contributed by atoms with Gasteiger partial charge in [-0.25, -0.2) is 4.79 Å². The Labute approximate surface area is 164 Å². The van der Waals surface area contributed by atoms with Crippen LogP contribution in [-0.2, 0) is 9.59 Å². The lowest BCUT2D eigenvalue weighted by atomic mass is 10.0. The van der Waals surface area contributed by atoms with E-state index in [0.29, 0.717) is 13.0 Å². The van der Waals surface area contributed by atoms with Crippen LogP contribution in [0.5, 0.6) is 0 Å². The third kappa shape index (κ3) is 5.11. The number of nitrogens with one attached hydrogen (secondary N) is 2. The van der Waals surface area contributed by atoms with Crippen LogP contribution < -0.4 is 15.5 Å². The summed E-state index contributed by atoms with van der Waals surface area (Å²) in [5.74, 6) is -1.28. The van der Waals surface area contributed by atoms with E-state index in [2.05, 4.69) is 20.5 Å². The number of amides is 3. The molecule has 1 atom stereocenters. The number of aromatic nitrogens is 1. The van der Waals surface area contributed by atoms with Crippen molar-refractivity contribution in [2.24, 2.45) is 0 Å². The van der Waals surface area contributed by atoms with E-state index in [0.717, 1.165) is 38.0 Å². The molecule has 9 heteroatoms. The van der Waals surface area contributed by atoms with E-state index in [-0.39, 0.29) is 30.9 Å². The predicted molar refractivity (Wildman–Crippen MR) is 103 cm³/mol. The minimum absolute atomic E-state index is 0.0672. The maximum Gasteiger partial charge on any atom is 0.318 e. The Balaban J connectivity index is 1.50. The van der Waals surface area contributed by atoms with Gasteiger partial charge in [-0.2, -0.15) is 0 Å². The summed E-state index contributed by atoms with van der Waals surface area (Å²) in [5, 5.41) is 14.1. The molecule has 1 aromatic heterocycles. The van der Waals surface area contributed by atoms with E-state index < -0.39 is 12.0 Å². The Morgan fingerprint density at radius 3 is 2.57 bits per heavy atom. The standard InChI is InChI=1S/C19H27N5O4/c25-17(26)5-10-21-18(27)16-2-1-11-24(19(28)22-16)15-6-12-23(13-7-15)14-3-8-20-9-4-14/h3-4,8-9,15-16H,1-2,5-7,10-13H2,(H,21,27)(H,22,28)(H,25,26). The zero-order chi connectivity index (χ0) is 19.9. The highest BCUT2D eigenvalue weighted by Gasteiger charge is 2.32. The molecule has 3 N–H and O–H groups in total. The second-order valence-electron chi connectivity index (χ2n) is 7.20. The largest absolute Gasteiger partial charge is 0.481 e. The quantitative estimate of drug-likeness (QED) is 0.663. The third-order valence-electron chi connectivity index (χ3n) is 5.34. The molecule has 28 heavy (non-hydrogen) atoms. The van der Waals surface area contributed by atoms with E-state index in [4.69, 9.17) is 5.11 Å². The number of carboxylic acid groups (broad SMARTS) is 1. The van der Waals surface area contributed by atoms with Crippen LogP contribution in [0, 0.1) is 0 Å². The van der Waals surface area contributed by atoms with Gasteiger partial charge in [0, 0.05) is 50.3 Å². The molecule has 9 nitrogen and oxygen atoms in total. The van der Waals surface area contributed by atoms with Crippen LogP contribution >= 0.6 is 0 Å². The van der Waals surface area contributed by atoms with Gasteiger partial charge in [0.2, 0.25) is 5.91 Å². The van der Waals surface area contributed by atoms with Gasteiger partial charge in [-0.3, -0.25) is 14.6 Å². The lowest BCUT2D eigenvalue weighted by Crippen LogP contribution is -2.53. The average molecular weight is 389 g/mol. The monoisotopic (exact) mass is 389 g/mol. The summed E-state index contributed by atoms with van der Waals surface area (Å²) in [6, 6.07) is 3.33. The van der Waals surface area contributed by atoms with Crippen LogP contribution in [-0.4, -0.2) is 71.2 Å². The zero-order valence-corrected chi connectivity index (χ0v) is 15.8. The molecule has 2 saturated heterocycles. The summed E-state index contributed by atoms with van der Waals surface area (Å²) < 4.78 is 0. The molecule has 152 valence electrons. The Bertz CT molecular complexity index is 691. The van der Waals surface area contributed by atoms with E-state index in [1.165, 1.54) is 0 Å². The fourth-order valence-corrected chi connectivity index (χ4v) is 3.82. The number of carbonyl (C=O) groups excluding carboxylic acids is 2. The van der Waals surface area contributed by atoms with Gasteiger partial charge < -0.3 is 25.5 Å². The summed E-state index contributed by atoms with van der Waals surface area (Å²) in [6.45, 7) is 2.44. The number of carbonyl (C=O) groups is 3. The van der Waals surface area contributed by atoms with Gasteiger partial charge >= 0.3 is 12.0 Å². The molecular weight excluding hydrogens is 362 g/mol. The topological polar surface area (TPSA) is 115 Å². The van der Waals surface area contributed by atoms with Crippen molar-refractivity contribution in [2.75, 3.05) is 31.1 Å². The van der Waals surface area contributed by atoms with Gasteiger partial charge in [0.1, 0.15) is 6.04 Å². The number of urea groups is 1. The Morgan fingerprint density at radius 2 is 1.89 bits per heavy atom. The fourth-order valence-electron chi connectivity index (χ4n) is 3.82. The first-order valence-electron chi connectivity index (χ1n) is 9.76. The number of nitrogens with zero attached hydrogens (tertiary/aromatic N) is 3. The van der Waals surface area contributed by atoms with Crippen LogP contribution in [0.2, 0.25) is 0 Å². The first-order chi connectivity index (χ1) is 13.5. The lowest BCUT2D eigenvalue weighted by molar-refractivity contribution is -0.137. The molecule has 2 aliphatic heterocycles. The summed E-state index contributed by atoms with van der Waals surface area (Å²) in [4.78, 5) is 43.7. The molecule has 0 spiro atoms. The minimum atomic E-state index is -0.963. The van der Waals surface area contributed by atoms with Crippen molar-refractivity contribution < 1.29 is 19.5 Å². The van der Waals surface area contributed by atoms with Crippen molar-refractivity contribution in [3.63, 3.8) is 0 Å². The third-order valence-corrected chi connectivity index (χ3v) is 5.34. The van der Waals surface area contributed by atoms with Crippen molar-refractivity contribution in [2.45, 2.75) is 44.2 Å². The van der Waals surface area contributed by atoms with Crippen LogP contribution in [0.1, 0.15) is 32.1 Å². The molecule has 3 heterocycles. The van der Waals surface area contributed by atoms with E-state index in [1.54, 1.807) is 12.4 Å². The molecule has 0 saturated carbocycles. The Kier molecular flexibility index (Phi) is 6.67. The number of pyridine rings is 1. The van der Waals surface area contributed by atoms with Crippen LogP contribution in [0.15, 0.2) is 24.5 Å². The predicted octanol–water partition coefficient (Wildman–Crippen LogP) is 0.815. The molecule has 0 bridgehead atoms. The smallest absolute Gasteiger partial charge is 0.318 e. The van der Waals surface area contributed by atoms with Crippen molar-refractivity contribution in [1.29, 1.82) is 0 Å². The molecule has 3 rings (SSSR count). The number of anilines is 1. The van der Waals surface area contributed by atoms with E-state index in [1.807, 2.05) is 17.0 Å². The highest BCUT2D eigenvalue weighted by molar-refractivity contribution is 5.87. The lowest BCUT2D eigenvalue weighted by Gasteiger charge is -2.39. The molecule has 0 aromatic carbocycles. The first kappa shape index (κ1) is 19.9. The SMILES string of the molecule is O=C(O)CCNC(=O)C1CCCN(C2CCN(c3ccncc3)CC2)C(=O)N1. The summed E-state index contributed by atoms with van der Waals surface area (Å²) in [7, 11) is 0. The van der Waals surface area contributed by atoms with Gasteiger partial charge in [-0.1, -0.05) is 0 Å². The molecule has 0 aliphatic carbocycles. The minimum Gasteiger partial charge on any atom is -0.481 e. The molecular formula is C19H27N5O4. The zero-order valence-electron chi connectivity index (χ0n) is 15.8. The van der Waals surface area contributed by atoms with Gasteiger partial charge in [0.25, 0.3) is 0 Å². The first-order valence-corrected chi connectivity index (χ1v) is 9.76. The number of hydrogen-bond acceptors (Lipinski definition) is 5. The number of aliphatic carboxylic acids is 1. The van der Waals surface area contributed by atoms with Gasteiger partial charge in [0.15, 0.2) is 0 Å². The summed E-state index contributed by atoms with van der Waals surface area (Å²) in [6.07, 6.45) is 6.49. The molecule has 3 amide bonds. The Morgan fingerprint density at radius 1 is 1.18 bits per heavy atom. The normalized spacial score (nSPS) is 21.0. The highest BCUT2D eigenvalue weighted by Crippen LogP contribution is 2.23. The summed E-state index contributed by atoms with van der Waals surface area (Å²) >= 11 is 0. The van der Waals surface area contributed by atoms with Crippen LogP contribution in [0.3, 0.4) is 0 Å². The van der Waals surface area contributed by atoms with Gasteiger partial charge in [0.05, 0.1) is 6.42 Å². The highest BCUT2D eigenvalue weighted by atomic mass is 16.4. The van der Waals surface area contributed by atoms with Crippen LogP contribution in [0.4, 0.5) is 10.5 Å². The Hall–Kier alpha value is -2.84. The molecule has 1 unspecified atom stereocenters. The molecule has 1 aromatic rings. The maximum absolute atomic E-state index is 12.7. The summed E-state index contributed by atoms with van der Waals surface area (Å²) in [5.41, 5.74) is 1.15. The average Bonchev–Trinajstić information content (AvgIpc) is 2.90. The number of carboxylic acids is 1. The second-order valence-corrected chi connectivity index (χ2v) is 7.20.